The Hall–Kier alpha value is -1.30. The lowest BCUT2D eigenvalue weighted by Crippen LogP contribution is -2.21. The first-order valence-corrected chi connectivity index (χ1v) is 7.50. The van der Waals surface area contributed by atoms with Crippen molar-refractivity contribution in [2.45, 2.75) is 6.92 Å². The molecule has 1 heterocycles. The lowest BCUT2D eigenvalue weighted by atomic mass is 10.2. The van der Waals surface area contributed by atoms with Gasteiger partial charge in [0.15, 0.2) is 6.61 Å². The normalized spacial score (nSPS) is 10.3. The van der Waals surface area contributed by atoms with Crippen LogP contribution in [-0.2, 0) is 4.79 Å². The van der Waals surface area contributed by atoms with Crippen LogP contribution < -0.4 is 10.1 Å². The SMILES string of the molecule is Cc1cc(Cl)cc(Cl)c1OCC(=O)Nc1ccc(Br)cn1. The Morgan fingerprint density at radius 1 is 1.38 bits per heavy atom. The van der Waals surface area contributed by atoms with E-state index in [2.05, 4.69) is 26.2 Å². The van der Waals surface area contributed by atoms with Crippen molar-refractivity contribution in [3.8, 4) is 5.75 Å². The van der Waals surface area contributed by atoms with Gasteiger partial charge in [-0.3, -0.25) is 4.79 Å². The van der Waals surface area contributed by atoms with E-state index in [-0.39, 0.29) is 12.5 Å². The summed E-state index contributed by atoms with van der Waals surface area (Å²) < 4.78 is 6.27. The molecule has 0 saturated heterocycles. The van der Waals surface area contributed by atoms with Crippen LogP contribution in [0.5, 0.6) is 5.75 Å². The number of anilines is 1. The molecule has 0 bridgehead atoms. The number of aromatic nitrogens is 1. The molecular weight excluding hydrogens is 379 g/mol. The van der Waals surface area contributed by atoms with E-state index in [0.717, 1.165) is 10.0 Å². The summed E-state index contributed by atoms with van der Waals surface area (Å²) in [6.45, 7) is 1.64. The summed E-state index contributed by atoms with van der Waals surface area (Å²) in [5.74, 6) is 0.570. The smallest absolute Gasteiger partial charge is 0.263 e. The lowest BCUT2D eigenvalue weighted by molar-refractivity contribution is -0.118. The molecule has 0 atom stereocenters. The molecular formula is C14H11BrCl2N2O2. The highest BCUT2D eigenvalue weighted by Crippen LogP contribution is 2.31. The number of hydrogen-bond acceptors (Lipinski definition) is 3. The molecule has 1 N–H and O–H groups in total. The van der Waals surface area contributed by atoms with E-state index in [0.29, 0.717) is 21.6 Å². The van der Waals surface area contributed by atoms with Gasteiger partial charge in [-0.05, 0) is 52.7 Å². The minimum atomic E-state index is -0.324. The van der Waals surface area contributed by atoms with Crippen LogP contribution >= 0.6 is 39.1 Å². The standard InChI is InChI=1S/C14H11BrCl2N2O2/c1-8-4-10(16)5-11(17)14(8)21-7-13(20)19-12-3-2-9(15)6-18-12/h2-6H,7H2,1H3,(H,18,19,20). The molecule has 0 unspecified atom stereocenters. The fourth-order valence-corrected chi connectivity index (χ4v) is 2.52. The first-order chi connectivity index (χ1) is 9.95. The maximum Gasteiger partial charge on any atom is 0.263 e. The van der Waals surface area contributed by atoms with Crippen molar-refractivity contribution >= 4 is 50.9 Å². The molecule has 7 heteroatoms. The van der Waals surface area contributed by atoms with E-state index >= 15 is 0 Å². The van der Waals surface area contributed by atoms with Crippen LogP contribution in [0.25, 0.3) is 0 Å². The molecule has 1 aromatic heterocycles. The Morgan fingerprint density at radius 3 is 2.76 bits per heavy atom. The fraction of sp³-hybridized carbons (Fsp3) is 0.143. The third-order valence-corrected chi connectivity index (χ3v) is 3.50. The number of hydrogen-bond donors (Lipinski definition) is 1. The minimum Gasteiger partial charge on any atom is -0.482 e. The topological polar surface area (TPSA) is 51.2 Å². The maximum absolute atomic E-state index is 11.8. The van der Waals surface area contributed by atoms with Crippen LogP contribution in [0.4, 0.5) is 5.82 Å². The third kappa shape index (κ3) is 4.59. The Bertz CT molecular complexity index is 640. The largest absolute Gasteiger partial charge is 0.482 e. The molecule has 1 aromatic carbocycles. The van der Waals surface area contributed by atoms with Gasteiger partial charge in [-0.2, -0.15) is 0 Å². The third-order valence-electron chi connectivity index (χ3n) is 2.54. The van der Waals surface area contributed by atoms with E-state index in [9.17, 15) is 4.79 Å². The molecule has 0 saturated carbocycles. The summed E-state index contributed by atoms with van der Waals surface area (Å²) >= 11 is 15.2. The Morgan fingerprint density at radius 2 is 2.14 bits per heavy atom. The quantitative estimate of drug-likeness (QED) is 0.838. The number of rotatable bonds is 4. The van der Waals surface area contributed by atoms with Crippen molar-refractivity contribution in [3.63, 3.8) is 0 Å². The maximum atomic E-state index is 11.8. The molecule has 4 nitrogen and oxygen atoms in total. The molecule has 0 spiro atoms. The molecule has 110 valence electrons. The summed E-state index contributed by atoms with van der Waals surface area (Å²) in [6, 6.07) is 6.75. The summed E-state index contributed by atoms with van der Waals surface area (Å²) in [7, 11) is 0. The zero-order valence-corrected chi connectivity index (χ0v) is 14.1. The molecule has 2 aromatic rings. The van der Waals surface area contributed by atoms with Crippen LogP contribution in [0.2, 0.25) is 10.0 Å². The molecule has 0 aliphatic rings. The van der Waals surface area contributed by atoms with Gasteiger partial charge < -0.3 is 10.1 Å². The monoisotopic (exact) mass is 388 g/mol. The van der Waals surface area contributed by atoms with Crippen molar-refractivity contribution in [2.24, 2.45) is 0 Å². The number of nitrogens with zero attached hydrogens (tertiary/aromatic N) is 1. The molecule has 0 aliphatic carbocycles. The van der Waals surface area contributed by atoms with Crippen LogP contribution in [0.15, 0.2) is 34.9 Å². The van der Waals surface area contributed by atoms with Gasteiger partial charge in [0.1, 0.15) is 11.6 Å². The molecule has 0 aliphatic heterocycles. The molecule has 1 amide bonds. The molecule has 21 heavy (non-hydrogen) atoms. The van der Waals surface area contributed by atoms with Gasteiger partial charge in [-0.1, -0.05) is 23.2 Å². The highest BCUT2D eigenvalue weighted by molar-refractivity contribution is 9.10. The van der Waals surface area contributed by atoms with Gasteiger partial charge in [0.25, 0.3) is 5.91 Å². The van der Waals surface area contributed by atoms with Crippen molar-refractivity contribution in [1.29, 1.82) is 0 Å². The molecule has 0 fully saturated rings. The van der Waals surface area contributed by atoms with E-state index in [1.807, 2.05) is 0 Å². The van der Waals surface area contributed by atoms with Crippen molar-refractivity contribution in [2.75, 3.05) is 11.9 Å². The van der Waals surface area contributed by atoms with Gasteiger partial charge >= 0.3 is 0 Å². The molecule has 0 radical (unpaired) electrons. The average Bonchev–Trinajstić information content (AvgIpc) is 2.40. The lowest BCUT2D eigenvalue weighted by Gasteiger charge is -2.11. The number of aryl methyl sites for hydroxylation is 1. The second-order valence-corrected chi connectivity index (χ2v) is 5.99. The zero-order chi connectivity index (χ0) is 15.4. The van der Waals surface area contributed by atoms with Crippen molar-refractivity contribution in [1.82, 2.24) is 4.98 Å². The van der Waals surface area contributed by atoms with Crippen molar-refractivity contribution < 1.29 is 9.53 Å². The predicted molar refractivity (Wildman–Crippen MR) is 87.3 cm³/mol. The summed E-state index contributed by atoms with van der Waals surface area (Å²) in [5.41, 5.74) is 0.766. The van der Waals surface area contributed by atoms with Gasteiger partial charge in [0, 0.05) is 15.7 Å². The number of amides is 1. The van der Waals surface area contributed by atoms with Gasteiger partial charge in [0.05, 0.1) is 5.02 Å². The summed E-state index contributed by atoms with van der Waals surface area (Å²) in [4.78, 5) is 15.8. The number of ether oxygens (including phenoxy) is 1. The Kier molecular flexibility index (Phi) is 5.45. The second-order valence-electron chi connectivity index (χ2n) is 4.23. The number of carbonyl (C=O) groups is 1. The van der Waals surface area contributed by atoms with Gasteiger partial charge in [-0.15, -0.1) is 0 Å². The first kappa shape index (κ1) is 16.1. The van der Waals surface area contributed by atoms with Crippen molar-refractivity contribution in [3.05, 3.63) is 50.5 Å². The van der Waals surface area contributed by atoms with E-state index in [4.69, 9.17) is 27.9 Å². The summed E-state index contributed by atoms with van der Waals surface area (Å²) in [6.07, 6.45) is 1.59. The van der Waals surface area contributed by atoms with Crippen LogP contribution in [0.1, 0.15) is 5.56 Å². The number of pyridine rings is 1. The number of halogens is 3. The number of benzene rings is 1. The van der Waals surface area contributed by atoms with Crippen LogP contribution in [0, 0.1) is 6.92 Å². The Balaban J connectivity index is 1.97. The van der Waals surface area contributed by atoms with Gasteiger partial charge in [0.2, 0.25) is 0 Å². The highest BCUT2D eigenvalue weighted by atomic mass is 79.9. The van der Waals surface area contributed by atoms with E-state index < -0.39 is 0 Å². The number of nitrogens with one attached hydrogen (secondary N) is 1. The fourth-order valence-electron chi connectivity index (χ4n) is 1.64. The predicted octanol–water partition coefficient (Wildman–Crippen LogP) is 4.48. The van der Waals surface area contributed by atoms with Crippen LogP contribution in [0.3, 0.4) is 0 Å². The first-order valence-electron chi connectivity index (χ1n) is 5.95. The number of carbonyl (C=O) groups excluding carboxylic acids is 1. The average molecular weight is 390 g/mol. The minimum absolute atomic E-state index is 0.167. The molecule has 2 rings (SSSR count). The second kappa shape index (κ2) is 7.11. The van der Waals surface area contributed by atoms with Crippen LogP contribution in [-0.4, -0.2) is 17.5 Å². The Labute approximate surface area is 140 Å². The van der Waals surface area contributed by atoms with E-state index in [1.165, 1.54) is 0 Å². The van der Waals surface area contributed by atoms with Gasteiger partial charge in [-0.25, -0.2) is 4.98 Å². The highest BCUT2D eigenvalue weighted by Gasteiger charge is 2.10. The van der Waals surface area contributed by atoms with E-state index in [1.54, 1.807) is 37.4 Å². The summed E-state index contributed by atoms with van der Waals surface area (Å²) in [5, 5.41) is 3.52. The zero-order valence-electron chi connectivity index (χ0n) is 11.0.